The Bertz CT molecular complexity index is 1240. The van der Waals surface area contributed by atoms with Crippen LogP contribution in [0.15, 0.2) is 84.9 Å². The lowest BCUT2D eigenvalue weighted by Gasteiger charge is -2.41. The van der Waals surface area contributed by atoms with Crippen LogP contribution in [0, 0.1) is 6.92 Å². The molecule has 2 saturated heterocycles. The minimum Gasteiger partial charge on any atom is -0.323 e. The van der Waals surface area contributed by atoms with E-state index in [0.717, 1.165) is 38.0 Å². The van der Waals surface area contributed by atoms with Gasteiger partial charge in [0, 0.05) is 31.2 Å². The summed E-state index contributed by atoms with van der Waals surface area (Å²) < 4.78 is 0. The molecule has 1 unspecified atom stereocenters. The van der Waals surface area contributed by atoms with E-state index in [1.54, 1.807) is 17.0 Å². The van der Waals surface area contributed by atoms with E-state index in [0.29, 0.717) is 11.3 Å². The van der Waals surface area contributed by atoms with Gasteiger partial charge in [0.15, 0.2) is 0 Å². The van der Waals surface area contributed by atoms with Gasteiger partial charge in [0.25, 0.3) is 11.8 Å². The first-order valence-corrected chi connectivity index (χ1v) is 12.6. The van der Waals surface area contributed by atoms with Gasteiger partial charge in [-0.2, -0.15) is 0 Å². The van der Waals surface area contributed by atoms with Crippen LogP contribution in [-0.2, 0) is 16.1 Å². The van der Waals surface area contributed by atoms with E-state index >= 15 is 0 Å². The van der Waals surface area contributed by atoms with E-state index in [1.165, 1.54) is 10.5 Å². The highest BCUT2D eigenvalue weighted by molar-refractivity contribution is 6.23. The molecule has 1 atom stereocenters. The first-order valence-electron chi connectivity index (χ1n) is 12.6. The maximum Gasteiger partial charge on any atom is 0.257 e. The van der Waals surface area contributed by atoms with Crippen LogP contribution < -0.4 is 4.90 Å². The predicted molar refractivity (Wildman–Crippen MR) is 139 cm³/mol. The summed E-state index contributed by atoms with van der Waals surface area (Å²) in [7, 11) is 0. The third-order valence-corrected chi connectivity index (χ3v) is 7.28. The maximum absolute atomic E-state index is 14.0. The van der Waals surface area contributed by atoms with Gasteiger partial charge < -0.3 is 4.90 Å². The minimum absolute atomic E-state index is 0.00950. The number of nitrogens with zero attached hydrogens (tertiary/aromatic N) is 3. The average molecular weight is 482 g/mol. The van der Waals surface area contributed by atoms with Crippen molar-refractivity contribution in [2.45, 2.75) is 44.8 Å². The van der Waals surface area contributed by atoms with Crippen LogP contribution in [0.3, 0.4) is 0 Å². The quantitative estimate of drug-likeness (QED) is 0.489. The number of likely N-dealkylation sites (tertiary alicyclic amines) is 1. The number of rotatable bonds is 6. The van der Waals surface area contributed by atoms with Gasteiger partial charge in [-0.1, -0.05) is 66.7 Å². The third kappa shape index (κ3) is 4.82. The van der Waals surface area contributed by atoms with Crippen molar-refractivity contribution >= 4 is 23.4 Å². The maximum atomic E-state index is 14.0. The van der Waals surface area contributed by atoms with Crippen LogP contribution in [0.5, 0.6) is 0 Å². The molecule has 5 rings (SSSR count). The number of para-hydroxylation sites is 1. The van der Waals surface area contributed by atoms with Crippen LogP contribution >= 0.6 is 0 Å². The van der Waals surface area contributed by atoms with Gasteiger partial charge >= 0.3 is 0 Å². The zero-order valence-corrected chi connectivity index (χ0v) is 20.5. The van der Waals surface area contributed by atoms with E-state index in [-0.39, 0.29) is 30.2 Å². The fourth-order valence-corrected chi connectivity index (χ4v) is 5.39. The molecule has 184 valence electrons. The van der Waals surface area contributed by atoms with Crippen molar-refractivity contribution in [2.75, 3.05) is 18.0 Å². The van der Waals surface area contributed by atoms with E-state index in [9.17, 15) is 14.4 Å². The van der Waals surface area contributed by atoms with Gasteiger partial charge in [0.2, 0.25) is 5.91 Å². The molecule has 2 aliphatic rings. The van der Waals surface area contributed by atoms with Crippen molar-refractivity contribution < 1.29 is 14.4 Å². The fourth-order valence-electron chi connectivity index (χ4n) is 5.39. The summed E-state index contributed by atoms with van der Waals surface area (Å²) in [5, 5.41) is 0. The zero-order valence-electron chi connectivity index (χ0n) is 20.5. The fraction of sp³-hybridized carbons (Fsp3) is 0.300. The van der Waals surface area contributed by atoms with E-state index < -0.39 is 6.04 Å². The van der Waals surface area contributed by atoms with Crippen molar-refractivity contribution in [3.8, 4) is 0 Å². The van der Waals surface area contributed by atoms with Crippen LogP contribution in [-0.4, -0.2) is 52.7 Å². The summed E-state index contributed by atoms with van der Waals surface area (Å²) in [5.41, 5.74) is 3.27. The van der Waals surface area contributed by atoms with Gasteiger partial charge in [-0.15, -0.1) is 0 Å². The molecule has 36 heavy (non-hydrogen) atoms. The lowest BCUT2D eigenvalue weighted by molar-refractivity contribution is -0.123. The first-order chi connectivity index (χ1) is 17.5. The Hall–Kier alpha value is -3.77. The molecule has 2 heterocycles. The molecule has 0 bridgehead atoms. The van der Waals surface area contributed by atoms with Crippen LogP contribution in [0.2, 0.25) is 0 Å². The number of piperidine rings is 1. The number of hydrogen-bond acceptors (Lipinski definition) is 4. The summed E-state index contributed by atoms with van der Waals surface area (Å²) >= 11 is 0. The normalized spacial score (nSPS) is 19.0. The Balaban J connectivity index is 1.40. The molecule has 0 N–H and O–H groups in total. The zero-order chi connectivity index (χ0) is 25.1. The lowest BCUT2D eigenvalue weighted by atomic mass is 9.97. The summed E-state index contributed by atoms with van der Waals surface area (Å²) in [6.45, 7) is 4.43. The standard InChI is InChI=1S/C30H31N3O3/c1-22-10-8-9-15-26(22)29(35)32(25-16-18-31(19-17-25)21-23-11-4-2-5-12-23)27-20-28(34)33(30(27)36)24-13-6-3-7-14-24/h2-15,25,27H,16-21H2,1H3. The molecule has 0 saturated carbocycles. The van der Waals surface area contributed by atoms with Gasteiger partial charge in [0.05, 0.1) is 12.1 Å². The molecule has 3 aromatic rings. The molecule has 0 radical (unpaired) electrons. The Morgan fingerprint density at radius 1 is 0.861 bits per heavy atom. The van der Waals surface area contributed by atoms with Crippen molar-refractivity contribution in [3.05, 3.63) is 102 Å². The molecule has 0 aromatic heterocycles. The number of anilines is 1. The van der Waals surface area contributed by atoms with Crippen LogP contribution in [0.1, 0.15) is 40.7 Å². The van der Waals surface area contributed by atoms with E-state index in [4.69, 9.17) is 0 Å². The second-order valence-electron chi connectivity index (χ2n) is 9.64. The third-order valence-electron chi connectivity index (χ3n) is 7.28. The number of benzene rings is 3. The van der Waals surface area contributed by atoms with Crippen molar-refractivity contribution in [1.82, 2.24) is 9.80 Å². The summed E-state index contributed by atoms with van der Waals surface area (Å²) in [5.74, 6) is -0.754. The number of carbonyl (C=O) groups excluding carboxylic acids is 3. The van der Waals surface area contributed by atoms with Gasteiger partial charge in [-0.25, -0.2) is 4.90 Å². The number of aryl methyl sites for hydroxylation is 1. The Morgan fingerprint density at radius 2 is 1.47 bits per heavy atom. The van der Waals surface area contributed by atoms with Crippen LogP contribution in [0.4, 0.5) is 5.69 Å². The van der Waals surface area contributed by atoms with E-state index in [1.807, 2.05) is 67.6 Å². The molecular weight excluding hydrogens is 450 g/mol. The molecule has 3 amide bonds. The molecule has 2 fully saturated rings. The topological polar surface area (TPSA) is 60.9 Å². The molecule has 0 aliphatic carbocycles. The van der Waals surface area contributed by atoms with Gasteiger partial charge in [-0.3, -0.25) is 19.3 Å². The Labute approximate surface area is 212 Å². The Morgan fingerprint density at radius 3 is 2.14 bits per heavy atom. The first kappa shape index (κ1) is 23.9. The van der Waals surface area contributed by atoms with Crippen molar-refractivity contribution in [3.63, 3.8) is 0 Å². The minimum atomic E-state index is -0.796. The van der Waals surface area contributed by atoms with E-state index in [2.05, 4.69) is 17.0 Å². The summed E-state index contributed by atoms with van der Waals surface area (Å²) in [6.07, 6.45) is 1.52. The molecule has 3 aromatic carbocycles. The molecule has 6 nitrogen and oxygen atoms in total. The SMILES string of the molecule is Cc1ccccc1C(=O)N(C1CCN(Cc2ccccc2)CC1)C1CC(=O)N(c2ccccc2)C1=O. The number of hydrogen-bond donors (Lipinski definition) is 0. The predicted octanol–water partition coefficient (Wildman–Crippen LogP) is 4.43. The molecule has 6 heteroatoms. The largest absolute Gasteiger partial charge is 0.323 e. The monoisotopic (exact) mass is 481 g/mol. The summed E-state index contributed by atoms with van der Waals surface area (Å²) in [4.78, 5) is 46.0. The van der Waals surface area contributed by atoms with Crippen LogP contribution in [0.25, 0.3) is 0 Å². The summed E-state index contributed by atoms with van der Waals surface area (Å²) in [6, 6.07) is 25.9. The number of amides is 3. The van der Waals surface area contributed by atoms with Gasteiger partial charge in [0.1, 0.15) is 6.04 Å². The second-order valence-corrected chi connectivity index (χ2v) is 9.64. The van der Waals surface area contributed by atoms with Gasteiger partial charge in [-0.05, 0) is 49.1 Å². The molecule has 2 aliphatic heterocycles. The average Bonchev–Trinajstić information content (AvgIpc) is 3.19. The second kappa shape index (κ2) is 10.5. The highest BCUT2D eigenvalue weighted by Crippen LogP contribution is 2.31. The lowest BCUT2D eigenvalue weighted by Crippen LogP contribution is -2.54. The number of imide groups is 1. The highest BCUT2D eigenvalue weighted by Gasteiger charge is 2.47. The number of carbonyl (C=O) groups is 3. The molecule has 0 spiro atoms. The van der Waals surface area contributed by atoms with Crippen molar-refractivity contribution in [1.29, 1.82) is 0 Å². The smallest absolute Gasteiger partial charge is 0.257 e. The highest BCUT2D eigenvalue weighted by atomic mass is 16.2. The Kier molecular flexibility index (Phi) is 6.96. The van der Waals surface area contributed by atoms with Crippen molar-refractivity contribution in [2.24, 2.45) is 0 Å². The molecular formula is C30H31N3O3.